The highest BCUT2D eigenvalue weighted by molar-refractivity contribution is 4.91. The zero-order chi connectivity index (χ0) is 9.90. The fraction of sp³-hybridized carbons (Fsp3) is 1.00. The first-order valence-corrected chi connectivity index (χ1v) is 5.28. The minimum absolute atomic E-state index is 0.490. The molecule has 1 saturated carbocycles. The maximum atomic E-state index is 5.23. The van der Waals surface area contributed by atoms with Gasteiger partial charge in [0, 0.05) is 19.8 Å². The van der Waals surface area contributed by atoms with Crippen LogP contribution < -0.4 is 5.32 Å². The van der Waals surface area contributed by atoms with E-state index in [0.717, 1.165) is 12.6 Å². The van der Waals surface area contributed by atoms with Crippen molar-refractivity contribution in [1.29, 1.82) is 0 Å². The van der Waals surface area contributed by atoms with Crippen molar-refractivity contribution in [2.75, 3.05) is 20.8 Å². The predicted octanol–water partition coefficient (Wildman–Crippen LogP) is 2.05. The van der Waals surface area contributed by atoms with E-state index in [1.54, 1.807) is 7.11 Å². The normalized spacial score (nSPS) is 36.5. The molecule has 1 N–H and O–H groups in total. The molecule has 1 aliphatic rings. The summed E-state index contributed by atoms with van der Waals surface area (Å²) in [5.74, 6) is 0.677. The van der Waals surface area contributed by atoms with E-state index < -0.39 is 0 Å². The molecule has 0 bridgehead atoms. The Labute approximate surface area is 82.0 Å². The molecule has 1 rings (SSSR count). The van der Waals surface area contributed by atoms with Gasteiger partial charge >= 0.3 is 0 Å². The van der Waals surface area contributed by atoms with Crippen LogP contribution in [0.4, 0.5) is 0 Å². The van der Waals surface area contributed by atoms with Gasteiger partial charge in [-0.2, -0.15) is 0 Å². The predicted molar refractivity (Wildman–Crippen MR) is 55.8 cm³/mol. The molecule has 0 aromatic carbocycles. The van der Waals surface area contributed by atoms with Crippen molar-refractivity contribution in [1.82, 2.24) is 5.32 Å². The zero-order valence-corrected chi connectivity index (χ0v) is 9.39. The molecule has 0 heterocycles. The number of hydrogen-bond donors (Lipinski definition) is 1. The fourth-order valence-electron chi connectivity index (χ4n) is 2.42. The van der Waals surface area contributed by atoms with Crippen molar-refractivity contribution < 1.29 is 4.74 Å². The van der Waals surface area contributed by atoms with Crippen LogP contribution in [0.5, 0.6) is 0 Å². The van der Waals surface area contributed by atoms with Crippen LogP contribution in [0.3, 0.4) is 0 Å². The largest absolute Gasteiger partial charge is 0.384 e. The third-order valence-corrected chi connectivity index (χ3v) is 3.79. The van der Waals surface area contributed by atoms with Gasteiger partial charge in [-0.15, -0.1) is 0 Å². The quantitative estimate of drug-likeness (QED) is 0.723. The average molecular weight is 185 g/mol. The van der Waals surface area contributed by atoms with Gasteiger partial charge < -0.3 is 10.1 Å². The van der Waals surface area contributed by atoms with E-state index >= 15 is 0 Å². The monoisotopic (exact) mass is 185 g/mol. The highest BCUT2D eigenvalue weighted by Crippen LogP contribution is 2.43. The van der Waals surface area contributed by atoms with Crippen molar-refractivity contribution in [3.63, 3.8) is 0 Å². The lowest BCUT2D eigenvalue weighted by Crippen LogP contribution is -2.29. The van der Waals surface area contributed by atoms with E-state index in [1.807, 2.05) is 0 Å². The van der Waals surface area contributed by atoms with E-state index in [0.29, 0.717) is 11.3 Å². The molecule has 0 radical (unpaired) electrons. The first kappa shape index (κ1) is 11.0. The summed E-state index contributed by atoms with van der Waals surface area (Å²) in [5.41, 5.74) is 0.490. The summed E-state index contributed by atoms with van der Waals surface area (Å²) >= 11 is 0. The van der Waals surface area contributed by atoms with Gasteiger partial charge in [0.15, 0.2) is 0 Å². The summed E-state index contributed by atoms with van der Waals surface area (Å²) in [6, 6.07) is 0.726. The molecule has 3 atom stereocenters. The second-order valence-electron chi connectivity index (χ2n) is 4.74. The van der Waals surface area contributed by atoms with Gasteiger partial charge in [0.05, 0.1) is 0 Å². The summed E-state index contributed by atoms with van der Waals surface area (Å²) in [6.45, 7) is 5.60. The molecule has 0 aliphatic heterocycles. The first-order valence-electron chi connectivity index (χ1n) is 5.28. The molecule has 78 valence electrons. The summed E-state index contributed by atoms with van der Waals surface area (Å²) < 4.78 is 5.23. The van der Waals surface area contributed by atoms with E-state index in [9.17, 15) is 0 Å². The van der Waals surface area contributed by atoms with Crippen molar-refractivity contribution in [2.45, 2.75) is 39.2 Å². The molecule has 3 unspecified atom stereocenters. The molecular weight excluding hydrogens is 162 g/mol. The highest BCUT2D eigenvalue weighted by Gasteiger charge is 2.38. The van der Waals surface area contributed by atoms with E-state index in [2.05, 4.69) is 26.2 Å². The maximum Gasteiger partial charge on any atom is 0.0493 e. The Bertz CT molecular complexity index is 160. The Kier molecular flexibility index (Phi) is 3.74. The molecule has 2 heteroatoms. The van der Waals surface area contributed by atoms with Crippen LogP contribution >= 0.6 is 0 Å². The van der Waals surface area contributed by atoms with Gasteiger partial charge in [-0.05, 0) is 37.6 Å². The Hall–Kier alpha value is -0.0800. The van der Waals surface area contributed by atoms with Crippen LogP contribution in [0.1, 0.15) is 33.1 Å². The summed E-state index contributed by atoms with van der Waals surface area (Å²) in [4.78, 5) is 0. The standard InChI is InChI=1S/C11H23NO/c1-9(8-13-4)11(2)6-5-10(7-11)12-3/h9-10,12H,5-8H2,1-4H3. The average Bonchev–Trinajstić information content (AvgIpc) is 2.49. The number of methoxy groups -OCH3 is 1. The Morgan fingerprint density at radius 3 is 2.77 bits per heavy atom. The molecule has 0 amide bonds. The second kappa shape index (κ2) is 4.43. The van der Waals surface area contributed by atoms with Gasteiger partial charge in [-0.3, -0.25) is 0 Å². The molecule has 1 fully saturated rings. The van der Waals surface area contributed by atoms with E-state index in [-0.39, 0.29) is 0 Å². The molecule has 13 heavy (non-hydrogen) atoms. The van der Waals surface area contributed by atoms with Crippen LogP contribution in [0.25, 0.3) is 0 Å². The van der Waals surface area contributed by atoms with Crippen LogP contribution in [0.2, 0.25) is 0 Å². The molecule has 1 aliphatic carbocycles. The van der Waals surface area contributed by atoms with Crippen molar-refractivity contribution >= 4 is 0 Å². The second-order valence-corrected chi connectivity index (χ2v) is 4.74. The minimum Gasteiger partial charge on any atom is -0.384 e. The van der Waals surface area contributed by atoms with Crippen LogP contribution in [-0.4, -0.2) is 26.8 Å². The molecule has 2 nitrogen and oxygen atoms in total. The molecule has 0 spiro atoms. The fourth-order valence-corrected chi connectivity index (χ4v) is 2.42. The van der Waals surface area contributed by atoms with Crippen LogP contribution in [0, 0.1) is 11.3 Å². The van der Waals surface area contributed by atoms with Gasteiger partial charge in [0.25, 0.3) is 0 Å². The lowest BCUT2D eigenvalue weighted by Gasteiger charge is -2.31. The number of rotatable bonds is 4. The van der Waals surface area contributed by atoms with Crippen molar-refractivity contribution in [2.24, 2.45) is 11.3 Å². The Morgan fingerprint density at radius 2 is 2.31 bits per heavy atom. The lowest BCUT2D eigenvalue weighted by atomic mass is 9.77. The summed E-state index contributed by atoms with van der Waals surface area (Å²) in [5, 5.41) is 3.38. The third kappa shape index (κ3) is 2.44. The zero-order valence-electron chi connectivity index (χ0n) is 9.39. The van der Waals surface area contributed by atoms with Gasteiger partial charge in [-0.25, -0.2) is 0 Å². The Balaban J connectivity index is 2.47. The van der Waals surface area contributed by atoms with Gasteiger partial charge in [-0.1, -0.05) is 13.8 Å². The lowest BCUT2D eigenvalue weighted by molar-refractivity contribution is 0.0833. The van der Waals surface area contributed by atoms with E-state index in [1.165, 1.54) is 19.3 Å². The number of hydrogen-bond acceptors (Lipinski definition) is 2. The topological polar surface area (TPSA) is 21.3 Å². The number of nitrogens with one attached hydrogen (secondary N) is 1. The molecule has 0 saturated heterocycles. The smallest absolute Gasteiger partial charge is 0.0493 e. The van der Waals surface area contributed by atoms with Crippen molar-refractivity contribution in [3.05, 3.63) is 0 Å². The first-order chi connectivity index (χ1) is 6.12. The van der Waals surface area contributed by atoms with Crippen LogP contribution in [0.15, 0.2) is 0 Å². The minimum atomic E-state index is 0.490. The summed E-state index contributed by atoms with van der Waals surface area (Å²) in [7, 11) is 3.86. The summed E-state index contributed by atoms with van der Waals surface area (Å²) in [6.07, 6.45) is 3.96. The van der Waals surface area contributed by atoms with Crippen LogP contribution in [-0.2, 0) is 4.74 Å². The molecule has 0 aromatic rings. The third-order valence-electron chi connectivity index (χ3n) is 3.79. The van der Waals surface area contributed by atoms with Gasteiger partial charge in [0.2, 0.25) is 0 Å². The Morgan fingerprint density at radius 1 is 1.62 bits per heavy atom. The van der Waals surface area contributed by atoms with E-state index in [4.69, 9.17) is 4.74 Å². The SMILES string of the molecule is CNC1CCC(C)(C(C)COC)C1. The highest BCUT2D eigenvalue weighted by atomic mass is 16.5. The molecular formula is C11H23NO. The number of ether oxygens (including phenoxy) is 1. The van der Waals surface area contributed by atoms with Crippen molar-refractivity contribution in [3.8, 4) is 0 Å². The molecule has 0 aromatic heterocycles. The van der Waals surface area contributed by atoms with Gasteiger partial charge in [0.1, 0.15) is 0 Å². The maximum absolute atomic E-state index is 5.23.